The van der Waals surface area contributed by atoms with Gasteiger partial charge in [0.1, 0.15) is 23.0 Å². The molecule has 0 unspecified atom stereocenters. The van der Waals surface area contributed by atoms with Crippen molar-refractivity contribution in [1.29, 1.82) is 0 Å². The van der Waals surface area contributed by atoms with E-state index in [2.05, 4.69) is 10.0 Å². The molecule has 196 valence electrons. The van der Waals surface area contributed by atoms with E-state index in [-0.39, 0.29) is 50.5 Å². The molecule has 8 nitrogen and oxygen atoms in total. The Morgan fingerprint density at radius 1 is 1.11 bits per heavy atom. The Bertz CT molecular complexity index is 1680. The number of furan rings is 1. The van der Waals surface area contributed by atoms with Crippen LogP contribution in [0, 0.1) is 11.6 Å². The van der Waals surface area contributed by atoms with E-state index in [9.17, 15) is 27.7 Å². The second kappa shape index (κ2) is 9.53. The van der Waals surface area contributed by atoms with Crippen LogP contribution in [0.5, 0.6) is 0 Å². The molecule has 12 heteroatoms. The number of amides is 1. The number of benzene rings is 3. The first-order valence-electron chi connectivity index (χ1n) is 11.7. The van der Waals surface area contributed by atoms with Crippen molar-refractivity contribution in [2.24, 2.45) is 0 Å². The van der Waals surface area contributed by atoms with Gasteiger partial charge in [-0.2, -0.15) is 0 Å². The fourth-order valence-electron chi connectivity index (χ4n) is 4.73. The molecule has 0 radical (unpaired) electrons. The van der Waals surface area contributed by atoms with E-state index in [1.165, 1.54) is 55.6 Å². The Balaban J connectivity index is 1.97. The smallest absolute Gasteiger partial charge is 0.455 e. The molecule has 4 N–H and O–H groups in total. The molecule has 0 saturated heterocycles. The summed E-state index contributed by atoms with van der Waals surface area (Å²) in [6.07, 6.45) is 2.37. The Morgan fingerprint density at radius 3 is 2.37 bits per heavy atom. The first-order chi connectivity index (χ1) is 18.0. The number of hydrogen-bond donors (Lipinski definition) is 4. The van der Waals surface area contributed by atoms with Crippen LogP contribution in [-0.4, -0.2) is 44.8 Å². The predicted octanol–water partition coefficient (Wildman–Crippen LogP) is 3.33. The van der Waals surface area contributed by atoms with Crippen LogP contribution in [0.2, 0.25) is 0 Å². The molecule has 4 aromatic rings. The predicted molar refractivity (Wildman–Crippen MR) is 141 cm³/mol. The molecular weight excluding hydrogens is 517 g/mol. The Hall–Kier alpha value is -3.74. The molecule has 1 saturated carbocycles. The third-order valence-electron chi connectivity index (χ3n) is 6.44. The summed E-state index contributed by atoms with van der Waals surface area (Å²) in [5, 5.41) is 22.3. The molecule has 0 spiro atoms. The van der Waals surface area contributed by atoms with E-state index in [0.29, 0.717) is 24.0 Å². The summed E-state index contributed by atoms with van der Waals surface area (Å²) in [6.45, 7) is 0. The molecule has 5 rings (SSSR count). The van der Waals surface area contributed by atoms with Gasteiger partial charge in [0.15, 0.2) is 0 Å². The fraction of sp³-hybridized carbons (Fsp3) is 0.192. The highest BCUT2D eigenvalue weighted by Gasteiger charge is 2.36. The van der Waals surface area contributed by atoms with Gasteiger partial charge in [-0.3, -0.25) is 9.52 Å². The number of sulfonamides is 1. The van der Waals surface area contributed by atoms with E-state index in [1.807, 2.05) is 0 Å². The number of carbonyl (C=O) groups is 1. The minimum Gasteiger partial charge on any atom is -0.455 e. The highest BCUT2D eigenvalue weighted by Crippen LogP contribution is 2.53. The maximum Gasteiger partial charge on any atom is 0.491 e. The van der Waals surface area contributed by atoms with Crippen molar-refractivity contribution < 1.29 is 36.5 Å². The SMILES string of the molecule is CNC(=O)c1c(-c2ccc(F)cc2)oc2cc(NS(C)(=O)=O)c(C3CC3)c(-c3cccc(B(O)O)c3F)c12. The van der Waals surface area contributed by atoms with Crippen LogP contribution in [0.4, 0.5) is 14.5 Å². The van der Waals surface area contributed by atoms with E-state index >= 15 is 4.39 Å². The minimum atomic E-state index is -3.77. The third kappa shape index (κ3) is 4.66. The van der Waals surface area contributed by atoms with Gasteiger partial charge in [0.05, 0.1) is 17.5 Å². The summed E-state index contributed by atoms with van der Waals surface area (Å²) in [4.78, 5) is 13.3. The van der Waals surface area contributed by atoms with Crippen LogP contribution >= 0.6 is 0 Å². The summed E-state index contributed by atoms with van der Waals surface area (Å²) >= 11 is 0. The third-order valence-corrected chi connectivity index (χ3v) is 7.03. The van der Waals surface area contributed by atoms with Gasteiger partial charge >= 0.3 is 7.12 Å². The summed E-state index contributed by atoms with van der Waals surface area (Å²) < 4.78 is 62.7. The van der Waals surface area contributed by atoms with Gasteiger partial charge in [0.2, 0.25) is 10.0 Å². The molecule has 38 heavy (non-hydrogen) atoms. The fourth-order valence-corrected chi connectivity index (χ4v) is 5.29. The summed E-state index contributed by atoms with van der Waals surface area (Å²) in [5.74, 6) is -2.06. The molecule has 3 aromatic carbocycles. The van der Waals surface area contributed by atoms with Crippen LogP contribution in [0.1, 0.15) is 34.7 Å². The van der Waals surface area contributed by atoms with Crippen LogP contribution < -0.4 is 15.5 Å². The zero-order valence-corrected chi connectivity index (χ0v) is 21.2. The van der Waals surface area contributed by atoms with Crippen molar-refractivity contribution in [3.8, 4) is 22.5 Å². The van der Waals surface area contributed by atoms with E-state index < -0.39 is 34.7 Å². The van der Waals surface area contributed by atoms with E-state index in [1.54, 1.807) is 0 Å². The highest BCUT2D eigenvalue weighted by molar-refractivity contribution is 7.92. The normalized spacial score (nSPS) is 13.5. The average Bonchev–Trinajstić information content (AvgIpc) is 3.62. The standard InChI is InChI=1S/C26H23BF2N2O6S/c1-30-26(32)23-22-19(37-25(23)14-8-10-15(28)11-9-14)12-18(31-38(2,35)36)20(13-6-7-13)21(22)16-4-3-5-17(24(16)29)27(33)34/h3-5,8-13,31,33-34H,6-7H2,1-2H3,(H,30,32). The number of halogens is 2. The topological polar surface area (TPSA) is 129 Å². The molecule has 1 fully saturated rings. The van der Waals surface area contributed by atoms with Gasteiger partial charge in [-0.15, -0.1) is 0 Å². The Morgan fingerprint density at radius 2 is 1.79 bits per heavy atom. The van der Waals surface area contributed by atoms with Crippen molar-refractivity contribution in [3.05, 3.63) is 71.3 Å². The zero-order chi connectivity index (χ0) is 27.4. The first-order valence-corrected chi connectivity index (χ1v) is 13.6. The summed E-state index contributed by atoms with van der Waals surface area (Å²) in [6, 6.07) is 10.8. The van der Waals surface area contributed by atoms with Crippen LogP contribution in [-0.2, 0) is 10.0 Å². The van der Waals surface area contributed by atoms with Gasteiger partial charge < -0.3 is 19.8 Å². The lowest BCUT2D eigenvalue weighted by molar-refractivity contribution is 0.0964. The maximum absolute atomic E-state index is 15.8. The quantitative estimate of drug-likeness (QED) is 0.266. The van der Waals surface area contributed by atoms with Crippen molar-refractivity contribution >= 4 is 45.2 Å². The number of carbonyl (C=O) groups excluding carboxylic acids is 1. The average molecular weight is 540 g/mol. The number of nitrogens with one attached hydrogen (secondary N) is 2. The Labute approximate surface area is 217 Å². The summed E-state index contributed by atoms with van der Waals surface area (Å²) in [7, 11) is -4.46. The molecule has 0 bridgehead atoms. The molecule has 1 aromatic heterocycles. The van der Waals surface area contributed by atoms with Crippen molar-refractivity contribution in [2.45, 2.75) is 18.8 Å². The largest absolute Gasteiger partial charge is 0.491 e. The zero-order valence-electron chi connectivity index (χ0n) is 20.4. The molecule has 1 amide bonds. The van der Waals surface area contributed by atoms with E-state index in [0.717, 1.165) is 6.26 Å². The van der Waals surface area contributed by atoms with Crippen molar-refractivity contribution in [3.63, 3.8) is 0 Å². The van der Waals surface area contributed by atoms with Crippen molar-refractivity contribution in [1.82, 2.24) is 5.32 Å². The molecule has 0 aliphatic heterocycles. The summed E-state index contributed by atoms with van der Waals surface area (Å²) in [5.41, 5.74) is 0.885. The number of hydrogen-bond acceptors (Lipinski definition) is 6. The lowest BCUT2D eigenvalue weighted by atomic mass is 9.77. The van der Waals surface area contributed by atoms with Gasteiger partial charge in [-0.05, 0) is 48.6 Å². The molecular formula is C26H23BF2N2O6S. The molecule has 1 aliphatic rings. The van der Waals surface area contributed by atoms with E-state index in [4.69, 9.17) is 4.42 Å². The van der Waals surface area contributed by atoms with Crippen LogP contribution in [0.15, 0.2) is 52.9 Å². The monoisotopic (exact) mass is 540 g/mol. The Kier molecular flexibility index (Phi) is 6.50. The molecule has 1 aliphatic carbocycles. The first kappa shape index (κ1) is 25.9. The second-order valence-electron chi connectivity index (χ2n) is 9.21. The van der Waals surface area contributed by atoms with Gasteiger partial charge in [-0.1, -0.05) is 18.2 Å². The van der Waals surface area contributed by atoms with Gasteiger partial charge in [0, 0.05) is 40.7 Å². The van der Waals surface area contributed by atoms with Crippen LogP contribution in [0.3, 0.4) is 0 Å². The molecule has 0 atom stereocenters. The lowest BCUT2D eigenvalue weighted by Gasteiger charge is -2.19. The van der Waals surface area contributed by atoms with Crippen molar-refractivity contribution in [2.75, 3.05) is 18.0 Å². The van der Waals surface area contributed by atoms with Crippen LogP contribution in [0.25, 0.3) is 33.4 Å². The number of rotatable bonds is 7. The second-order valence-corrected chi connectivity index (χ2v) is 11.0. The molecule has 1 heterocycles. The maximum atomic E-state index is 15.8. The number of fused-ring (bicyclic) bond motifs is 1. The van der Waals surface area contributed by atoms with Gasteiger partial charge in [-0.25, -0.2) is 17.2 Å². The minimum absolute atomic E-state index is 0.0475. The highest BCUT2D eigenvalue weighted by atomic mass is 32.2. The van der Waals surface area contributed by atoms with Gasteiger partial charge in [0.25, 0.3) is 5.91 Å². The number of anilines is 1. The lowest BCUT2D eigenvalue weighted by Crippen LogP contribution is -2.33.